The van der Waals surface area contributed by atoms with Crippen LogP contribution < -0.4 is 0 Å². The Kier molecular flexibility index (Phi) is 2.40. The number of hydrogen-bond acceptors (Lipinski definition) is 3. The third-order valence-electron chi connectivity index (χ3n) is 2.39. The second-order valence-electron chi connectivity index (χ2n) is 3.35. The molecule has 1 aromatic carbocycles. The highest BCUT2D eigenvalue weighted by Gasteiger charge is 2.18. The van der Waals surface area contributed by atoms with Gasteiger partial charge in [0, 0.05) is 4.70 Å². The molecule has 5 heteroatoms. The second kappa shape index (κ2) is 3.61. The van der Waals surface area contributed by atoms with Gasteiger partial charge in [-0.1, -0.05) is 12.1 Å². The summed E-state index contributed by atoms with van der Waals surface area (Å²) in [6.07, 6.45) is 0. The van der Waals surface area contributed by atoms with Gasteiger partial charge in [0.25, 0.3) is 0 Å². The van der Waals surface area contributed by atoms with Crippen molar-refractivity contribution in [1.29, 1.82) is 0 Å². The Morgan fingerprint density at radius 3 is 2.44 bits per heavy atom. The lowest BCUT2D eigenvalue weighted by Gasteiger charge is -1.96. The van der Waals surface area contributed by atoms with E-state index in [1.165, 1.54) is 6.07 Å². The topological polar surface area (TPSA) is 74.6 Å². The van der Waals surface area contributed by atoms with E-state index in [1.807, 2.05) is 0 Å². The standard InChI is InChI=1S/C11H8O4S/c1-5-6-3-2-4-7(10(12)13)9(6)16-8(5)11(14)15/h2-4H,1H3,(H,12,13)(H,14,15). The maximum Gasteiger partial charge on any atom is 0.346 e. The predicted molar refractivity (Wildman–Crippen MR) is 60.5 cm³/mol. The zero-order chi connectivity index (χ0) is 11.9. The van der Waals surface area contributed by atoms with E-state index in [9.17, 15) is 9.59 Å². The molecule has 2 aromatic rings. The Morgan fingerprint density at radius 2 is 1.88 bits per heavy atom. The van der Waals surface area contributed by atoms with Crippen molar-refractivity contribution in [2.24, 2.45) is 0 Å². The summed E-state index contributed by atoms with van der Waals surface area (Å²) in [6.45, 7) is 1.69. The zero-order valence-electron chi connectivity index (χ0n) is 8.35. The quantitative estimate of drug-likeness (QED) is 0.840. The van der Waals surface area contributed by atoms with Crippen LogP contribution in [0.1, 0.15) is 25.6 Å². The van der Waals surface area contributed by atoms with Crippen molar-refractivity contribution in [3.8, 4) is 0 Å². The fourth-order valence-corrected chi connectivity index (χ4v) is 2.77. The van der Waals surface area contributed by atoms with Crippen LogP contribution >= 0.6 is 11.3 Å². The van der Waals surface area contributed by atoms with Gasteiger partial charge in [-0.05, 0) is 23.9 Å². The summed E-state index contributed by atoms with van der Waals surface area (Å²) in [7, 11) is 0. The van der Waals surface area contributed by atoms with Gasteiger partial charge in [0.05, 0.1) is 5.56 Å². The minimum absolute atomic E-state index is 0.151. The van der Waals surface area contributed by atoms with Crippen LogP contribution in [-0.4, -0.2) is 22.2 Å². The van der Waals surface area contributed by atoms with Crippen molar-refractivity contribution in [3.05, 3.63) is 34.2 Å². The highest BCUT2D eigenvalue weighted by molar-refractivity contribution is 7.21. The summed E-state index contributed by atoms with van der Waals surface area (Å²) in [4.78, 5) is 22.1. The van der Waals surface area contributed by atoms with Crippen LogP contribution in [0.5, 0.6) is 0 Å². The minimum Gasteiger partial charge on any atom is -0.478 e. The monoisotopic (exact) mass is 236 g/mol. The summed E-state index contributed by atoms with van der Waals surface area (Å²) in [5.74, 6) is -2.06. The van der Waals surface area contributed by atoms with Gasteiger partial charge in [-0.3, -0.25) is 0 Å². The van der Waals surface area contributed by atoms with Gasteiger partial charge in [-0.2, -0.15) is 0 Å². The number of hydrogen-bond donors (Lipinski definition) is 2. The molecule has 16 heavy (non-hydrogen) atoms. The molecule has 0 saturated carbocycles. The molecule has 4 nitrogen and oxygen atoms in total. The molecule has 0 bridgehead atoms. The molecular weight excluding hydrogens is 228 g/mol. The summed E-state index contributed by atoms with van der Waals surface area (Å²) < 4.78 is 0.518. The van der Waals surface area contributed by atoms with Gasteiger partial charge in [-0.25, -0.2) is 9.59 Å². The van der Waals surface area contributed by atoms with Crippen LogP contribution in [0.2, 0.25) is 0 Å². The predicted octanol–water partition coefficient (Wildman–Crippen LogP) is 2.61. The van der Waals surface area contributed by atoms with Gasteiger partial charge in [0.1, 0.15) is 4.88 Å². The maximum absolute atomic E-state index is 11.0. The van der Waals surface area contributed by atoms with Crippen LogP contribution in [0.25, 0.3) is 10.1 Å². The molecule has 0 atom stereocenters. The number of fused-ring (bicyclic) bond motifs is 1. The lowest BCUT2D eigenvalue weighted by molar-refractivity contribution is 0.0689. The van der Waals surface area contributed by atoms with Crippen molar-refractivity contribution in [3.63, 3.8) is 0 Å². The van der Waals surface area contributed by atoms with Gasteiger partial charge >= 0.3 is 11.9 Å². The normalized spacial score (nSPS) is 10.6. The van der Waals surface area contributed by atoms with Crippen LogP contribution in [0.15, 0.2) is 18.2 Å². The van der Waals surface area contributed by atoms with Crippen molar-refractivity contribution < 1.29 is 19.8 Å². The highest BCUT2D eigenvalue weighted by atomic mass is 32.1. The van der Waals surface area contributed by atoms with E-state index in [0.717, 1.165) is 11.3 Å². The number of thiophene rings is 1. The first-order valence-electron chi connectivity index (χ1n) is 4.51. The van der Waals surface area contributed by atoms with E-state index in [1.54, 1.807) is 19.1 Å². The van der Waals surface area contributed by atoms with Gasteiger partial charge in [0.2, 0.25) is 0 Å². The number of carboxylic acid groups (broad SMARTS) is 2. The van der Waals surface area contributed by atoms with Crippen molar-refractivity contribution in [2.75, 3.05) is 0 Å². The van der Waals surface area contributed by atoms with E-state index in [0.29, 0.717) is 15.6 Å². The fourth-order valence-electron chi connectivity index (χ4n) is 1.62. The number of aromatic carboxylic acids is 2. The van der Waals surface area contributed by atoms with Crippen molar-refractivity contribution in [1.82, 2.24) is 0 Å². The summed E-state index contributed by atoms with van der Waals surface area (Å²) in [6, 6.07) is 4.84. The molecule has 0 aliphatic carbocycles. The molecule has 0 spiro atoms. The van der Waals surface area contributed by atoms with Crippen LogP contribution in [-0.2, 0) is 0 Å². The molecule has 0 amide bonds. The fraction of sp³-hybridized carbons (Fsp3) is 0.0909. The van der Waals surface area contributed by atoms with E-state index in [-0.39, 0.29) is 10.4 Å². The molecule has 0 saturated heterocycles. The van der Waals surface area contributed by atoms with Gasteiger partial charge in [0.15, 0.2) is 0 Å². The average molecular weight is 236 g/mol. The number of rotatable bonds is 2. The Bertz CT molecular complexity index is 597. The first kappa shape index (κ1) is 10.6. The lowest BCUT2D eigenvalue weighted by atomic mass is 10.1. The largest absolute Gasteiger partial charge is 0.478 e. The first-order valence-corrected chi connectivity index (χ1v) is 5.32. The third kappa shape index (κ3) is 1.45. The molecule has 1 heterocycles. The Labute approximate surface area is 94.8 Å². The van der Waals surface area contributed by atoms with Gasteiger partial charge in [-0.15, -0.1) is 11.3 Å². The van der Waals surface area contributed by atoms with E-state index < -0.39 is 11.9 Å². The molecule has 0 fully saturated rings. The molecule has 2 rings (SSSR count). The van der Waals surface area contributed by atoms with E-state index >= 15 is 0 Å². The highest BCUT2D eigenvalue weighted by Crippen LogP contribution is 2.33. The Balaban J connectivity index is 2.85. The molecule has 0 unspecified atom stereocenters. The van der Waals surface area contributed by atoms with Crippen LogP contribution in [0.4, 0.5) is 0 Å². The number of carbonyl (C=O) groups is 2. The molecule has 0 radical (unpaired) electrons. The number of carboxylic acids is 2. The van der Waals surface area contributed by atoms with Gasteiger partial charge < -0.3 is 10.2 Å². The van der Waals surface area contributed by atoms with Crippen molar-refractivity contribution in [2.45, 2.75) is 6.92 Å². The maximum atomic E-state index is 11.0. The minimum atomic E-state index is -1.04. The first-order chi connectivity index (χ1) is 7.52. The zero-order valence-corrected chi connectivity index (χ0v) is 9.17. The molecule has 2 N–H and O–H groups in total. The molecule has 0 aliphatic heterocycles. The molecule has 82 valence electrons. The van der Waals surface area contributed by atoms with Crippen molar-refractivity contribution >= 4 is 33.4 Å². The molecular formula is C11H8O4S. The smallest absolute Gasteiger partial charge is 0.346 e. The number of aryl methyl sites for hydroxylation is 1. The van der Waals surface area contributed by atoms with Crippen LogP contribution in [0, 0.1) is 6.92 Å². The third-order valence-corrected chi connectivity index (χ3v) is 3.72. The van der Waals surface area contributed by atoms with Crippen LogP contribution in [0.3, 0.4) is 0 Å². The Hall–Kier alpha value is -1.88. The SMILES string of the molecule is Cc1c(C(=O)O)sc2c(C(=O)O)cccc12. The summed E-state index contributed by atoms with van der Waals surface area (Å²) in [5.41, 5.74) is 0.772. The average Bonchev–Trinajstić information content (AvgIpc) is 2.56. The second-order valence-corrected chi connectivity index (χ2v) is 4.37. The summed E-state index contributed by atoms with van der Waals surface area (Å²) >= 11 is 1.01. The molecule has 0 aliphatic rings. The Morgan fingerprint density at radius 1 is 1.19 bits per heavy atom. The van der Waals surface area contributed by atoms with E-state index in [2.05, 4.69) is 0 Å². The lowest BCUT2D eigenvalue weighted by Crippen LogP contribution is -1.95. The number of benzene rings is 1. The molecule has 1 aromatic heterocycles. The summed E-state index contributed by atoms with van der Waals surface area (Å²) in [5, 5.41) is 18.6. The van der Waals surface area contributed by atoms with E-state index in [4.69, 9.17) is 10.2 Å².